The molecule has 2 aliphatic carbocycles. The van der Waals surface area contributed by atoms with Gasteiger partial charge in [-0.15, -0.1) is 0 Å². The van der Waals surface area contributed by atoms with Gasteiger partial charge < -0.3 is 11.5 Å². The van der Waals surface area contributed by atoms with E-state index in [1.807, 2.05) is 30.2 Å². The van der Waals surface area contributed by atoms with Crippen molar-refractivity contribution >= 4 is 0 Å². The van der Waals surface area contributed by atoms with E-state index >= 15 is 0 Å². The first kappa shape index (κ1) is 16.7. The maximum absolute atomic E-state index is 6.64. The Morgan fingerprint density at radius 3 is 2.64 bits per heavy atom. The highest BCUT2D eigenvalue weighted by atomic mass is 15.3. The van der Waals surface area contributed by atoms with Gasteiger partial charge in [0.2, 0.25) is 0 Å². The van der Waals surface area contributed by atoms with Crippen molar-refractivity contribution in [3.05, 3.63) is 30.0 Å². The van der Waals surface area contributed by atoms with Gasteiger partial charge in [-0.1, -0.05) is 6.92 Å². The van der Waals surface area contributed by atoms with Gasteiger partial charge in [0.25, 0.3) is 0 Å². The largest absolute Gasteiger partial charge is 0.328 e. The minimum absolute atomic E-state index is 0.254. The van der Waals surface area contributed by atoms with Gasteiger partial charge in [-0.2, -0.15) is 5.10 Å². The molecule has 2 aromatic rings. The van der Waals surface area contributed by atoms with Gasteiger partial charge in [-0.25, -0.2) is 9.97 Å². The maximum atomic E-state index is 6.64. The Hall–Kier alpha value is -1.79. The van der Waals surface area contributed by atoms with Crippen molar-refractivity contribution in [2.24, 2.45) is 23.9 Å². The summed E-state index contributed by atoms with van der Waals surface area (Å²) in [5.41, 5.74) is 15.9. The molecular formula is C19H28N6. The lowest BCUT2D eigenvalue weighted by molar-refractivity contribution is 0.265. The third-order valence-corrected chi connectivity index (χ3v) is 6.06. The normalized spacial score (nSPS) is 28.1. The Morgan fingerprint density at radius 2 is 1.96 bits per heavy atom. The highest BCUT2D eigenvalue weighted by molar-refractivity contribution is 5.61. The van der Waals surface area contributed by atoms with Crippen LogP contribution in [0.5, 0.6) is 0 Å². The Balaban J connectivity index is 1.66. The quantitative estimate of drug-likeness (QED) is 0.890. The van der Waals surface area contributed by atoms with Crippen molar-refractivity contribution in [2.45, 2.75) is 63.5 Å². The summed E-state index contributed by atoms with van der Waals surface area (Å²) in [4.78, 5) is 9.36. The molecule has 6 nitrogen and oxygen atoms in total. The van der Waals surface area contributed by atoms with Crippen LogP contribution in [-0.4, -0.2) is 25.8 Å². The second-order valence-corrected chi connectivity index (χ2v) is 8.38. The van der Waals surface area contributed by atoms with E-state index in [9.17, 15) is 0 Å². The number of nitrogens with zero attached hydrogens (tertiary/aromatic N) is 4. The third-order valence-electron chi connectivity index (χ3n) is 6.06. The van der Waals surface area contributed by atoms with Gasteiger partial charge in [0.05, 0.1) is 17.4 Å². The second-order valence-electron chi connectivity index (χ2n) is 8.38. The van der Waals surface area contributed by atoms with Crippen molar-refractivity contribution < 1.29 is 0 Å². The molecule has 0 unspecified atom stereocenters. The molecule has 4 N–H and O–H groups in total. The minimum Gasteiger partial charge on any atom is -0.328 e. The smallest absolute Gasteiger partial charge is 0.148 e. The van der Waals surface area contributed by atoms with Crippen LogP contribution >= 0.6 is 0 Å². The zero-order valence-corrected chi connectivity index (χ0v) is 15.2. The molecule has 2 heterocycles. The van der Waals surface area contributed by atoms with Crippen LogP contribution in [0, 0.1) is 5.41 Å². The molecule has 0 amide bonds. The summed E-state index contributed by atoms with van der Waals surface area (Å²) in [6.45, 7) is 2.34. The highest BCUT2D eigenvalue weighted by Crippen LogP contribution is 2.48. The third kappa shape index (κ3) is 3.20. The second kappa shape index (κ2) is 5.88. The van der Waals surface area contributed by atoms with Crippen LogP contribution in [-0.2, 0) is 19.0 Å². The number of nitrogens with two attached hydrogens (primary N) is 2. The van der Waals surface area contributed by atoms with Gasteiger partial charge in [0.15, 0.2) is 0 Å². The molecule has 0 spiro atoms. The van der Waals surface area contributed by atoms with E-state index in [0.717, 1.165) is 49.2 Å². The van der Waals surface area contributed by atoms with Crippen LogP contribution in [0.3, 0.4) is 0 Å². The van der Waals surface area contributed by atoms with Gasteiger partial charge in [-0.05, 0) is 56.4 Å². The number of aryl methyl sites for hydroxylation is 1. The van der Waals surface area contributed by atoms with Crippen LogP contribution in [0.1, 0.15) is 57.0 Å². The summed E-state index contributed by atoms with van der Waals surface area (Å²) in [5, 5.41) is 4.48. The van der Waals surface area contributed by atoms with E-state index in [4.69, 9.17) is 16.5 Å². The summed E-state index contributed by atoms with van der Waals surface area (Å²) >= 11 is 0. The summed E-state index contributed by atoms with van der Waals surface area (Å²) in [6, 6.07) is 2.22. The molecule has 2 fully saturated rings. The molecule has 4 rings (SSSR count). The van der Waals surface area contributed by atoms with E-state index in [1.54, 1.807) is 0 Å². The van der Waals surface area contributed by atoms with Crippen LogP contribution < -0.4 is 11.5 Å². The van der Waals surface area contributed by atoms with E-state index in [2.05, 4.69) is 17.0 Å². The van der Waals surface area contributed by atoms with Crippen LogP contribution in [0.25, 0.3) is 11.3 Å². The van der Waals surface area contributed by atoms with Crippen molar-refractivity contribution in [1.82, 2.24) is 19.7 Å². The fourth-order valence-electron chi connectivity index (χ4n) is 3.81. The predicted octanol–water partition coefficient (Wildman–Crippen LogP) is 2.27. The van der Waals surface area contributed by atoms with Gasteiger partial charge in [0, 0.05) is 30.5 Å². The maximum Gasteiger partial charge on any atom is 0.148 e. The van der Waals surface area contributed by atoms with Gasteiger partial charge in [0.1, 0.15) is 5.82 Å². The van der Waals surface area contributed by atoms with E-state index in [0.29, 0.717) is 5.41 Å². The Bertz CT molecular complexity index is 768. The Morgan fingerprint density at radius 1 is 1.24 bits per heavy atom. The fraction of sp³-hybridized carbons (Fsp3) is 0.632. The lowest BCUT2D eigenvalue weighted by Crippen LogP contribution is -2.44. The van der Waals surface area contributed by atoms with Crippen LogP contribution in [0.4, 0.5) is 0 Å². The molecule has 2 saturated carbocycles. The van der Waals surface area contributed by atoms with Gasteiger partial charge in [-0.3, -0.25) is 4.68 Å². The molecule has 2 aliphatic rings. The predicted molar refractivity (Wildman–Crippen MR) is 97.6 cm³/mol. The van der Waals surface area contributed by atoms with Crippen molar-refractivity contribution in [1.29, 1.82) is 0 Å². The molecule has 2 aromatic heterocycles. The lowest BCUT2D eigenvalue weighted by Gasteiger charge is -2.34. The summed E-state index contributed by atoms with van der Waals surface area (Å²) in [5.74, 6) is 0.740. The Kier molecular flexibility index (Phi) is 3.92. The van der Waals surface area contributed by atoms with Crippen molar-refractivity contribution in [3.63, 3.8) is 0 Å². The lowest BCUT2D eigenvalue weighted by atomic mass is 9.80. The average molecular weight is 340 g/mol. The molecule has 0 radical (unpaired) electrons. The number of rotatable bonds is 4. The molecule has 0 bridgehead atoms. The molecule has 0 atom stereocenters. The fourth-order valence-corrected chi connectivity index (χ4v) is 3.81. The summed E-state index contributed by atoms with van der Waals surface area (Å²) in [6.07, 6.45) is 10.9. The number of aromatic nitrogens is 4. The first-order chi connectivity index (χ1) is 11.9. The number of hydrogen-bond donors (Lipinski definition) is 2. The zero-order valence-electron chi connectivity index (χ0n) is 15.2. The zero-order chi connectivity index (χ0) is 17.7. The summed E-state index contributed by atoms with van der Waals surface area (Å²) < 4.78 is 1.98. The number of hydrogen-bond acceptors (Lipinski definition) is 5. The molecule has 0 aliphatic heterocycles. The average Bonchev–Trinajstić information content (AvgIpc) is 3.23. The first-order valence-electron chi connectivity index (χ1n) is 9.28. The van der Waals surface area contributed by atoms with Crippen LogP contribution in [0.15, 0.2) is 18.5 Å². The monoisotopic (exact) mass is 340 g/mol. The standard InChI is InChI=1S/C19H28N6/c1-18(8-9-18)11-16-14(12-23-25(16)2)15-5-10-22-17(24-15)19(21)6-3-13(20)4-7-19/h5,10,12-13H,3-4,6-9,11,20-21H2,1-2H3. The van der Waals surface area contributed by atoms with Crippen molar-refractivity contribution in [3.8, 4) is 11.3 Å². The Labute approximate surface area is 149 Å². The highest BCUT2D eigenvalue weighted by Gasteiger charge is 2.39. The van der Waals surface area contributed by atoms with E-state index in [-0.39, 0.29) is 6.04 Å². The van der Waals surface area contributed by atoms with Crippen molar-refractivity contribution in [2.75, 3.05) is 0 Å². The SMILES string of the molecule is Cn1ncc(-c2ccnc(C3(N)CCC(N)CC3)n2)c1CC1(C)CC1. The van der Waals surface area contributed by atoms with Crippen LogP contribution in [0.2, 0.25) is 0 Å². The molecular weight excluding hydrogens is 312 g/mol. The molecule has 0 saturated heterocycles. The summed E-state index contributed by atoms with van der Waals surface area (Å²) in [7, 11) is 2.01. The molecule has 0 aromatic carbocycles. The molecule has 134 valence electrons. The minimum atomic E-state index is -0.462. The topological polar surface area (TPSA) is 95.6 Å². The van der Waals surface area contributed by atoms with Gasteiger partial charge >= 0.3 is 0 Å². The molecule has 6 heteroatoms. The van der Waals surface area contributed by atoms with E-state index < -0.39 is 5.54 Å². The van der Waals surface area contributed by atoms with E-state index in [1.165, 1.54) is 18.5 Å². The first-order valence-corrected chi connectivity index (χ1v) is 9.28. The molecule has 25 heavy (non-hydrogen) atoms.